The first-order chi connectivity index (χ1) is 29.1. The van der Waals surface area contributed by atoms with Crippen LogP contribution in [0.5, 0.6) is 0 Å². The molecule has 4 atom stereocenters. The highest BCUT2D eigenvalue weighted by Gasteiger charge is 2.50. The molecule has 0 N–H and O–H groups in total. The lowest BCUT2D eigenvalue weighted by Gasteiger charge is -2.57. The molecule has 59 heavy (non-hydrogen) atoms. The molecule has 3 saturated heterocycles. The van der Waals surface area contributed by atoms with E-state index in [-0.39, 0.29) is 30.6 Å². The van der Waals surface area contributed by atoms with Gasteiger partial charge < -0.3 is 14.4 Å². The molecule has 11 rings (SSSR count). The molecule has 3 aliphatic heterocycles. The summed E-state index contributed by atoms with van der Waals surface area (Å²) in [5.41, 5.74) is 11.2. The first-order valence-electron chi connectivity index (χ1n) is 21.8. The number of piperidine rings is 3. The van der Waals surface area contributed by atoms with Crippen LogP contribution >= 0.6 is 0 Å². The highest BCUT2D eigenvalue weighted by Crippen LogP contribution is 2.47. The number of ether oxygens (including phenoxy) is 2. The van der Waals surface area contributed by atoms with Crippen LogP contribution in [0.25, 0.3) is 33.3 Å². The molecule has 0 bridgehead atoms. The molecule has 8 nitrogen and oxygen atoms in total. The maximum Gasteiger partial charge on any atom is 0.420 e. The third kappa shape index (κ3) is 6.26. The number of amides is 1. The minimum Gasteiger partial charge on any atom is -0.448 e. The fraction of sp³-hybridized carbons (Fsp3) is 0.353. The zero-order valence-corrected chi connectivity index (χ0v) is 33.4. The van der Waals surface area contributed by atoms with Gasteiger partial charge in [-0.05, 0) is 120 Å². The van der Waals surface area contributed by atoms with E-state index >= 15 is 0 Å². The Morgan fingerprint density at radius 2 is 1.15 bits per heavy atom. The first kappa shape index (κ1) is 36.4. The number of aryl methyl sites for hydroxylation is 1. The van der Waals surface area contributed by atoms with Crippen LogP contribution in [0.2, 0.25) is 0 Å². The second-order valence-corrected chi connectivity index (χ2v) is 17.3. The number of carbonyl (C=O) groups excluding carboxylic acids is 2. The second kappa shape index (κ2) is 15.1. The molecule has 3 fully saturated rings. The van der Waals surface area contributed by atoms with E-state index in [1.54, 1.807) is 4.57 Å². The van der Waals surface area contributed by atoms with Crippen molar-refractivity contribution in [1.82, 2.24) is 19.4 Å². The summed E-state index contributed by atoms with van der Waals surface area (Å²) >= 11 is 0. The standard InChI is InChI=1S/C51H50N4O4/c56-50(58-31-43-38-19-5-1-15-34(38)35-16-2-6-20-39(35)43)54-30-33-14-12-28-53-29-13-23-42(49(33)53)46(54)26-11-27-48-52-45-24-9-10-25-47(45)55(48)51(57)59-32-44-40-21-7-3-17-36(40)37-18-4-8-22-41(37)44/h1-10,15-22,24-25,33,42-44,46,49H,11-14,23,26-32H2/t33-,42+,46+,49-/m0/s1. The Labute approximate surface area is 345 Å². The van der Waals surface area contributed by atoms with Crippen LogP contribution < -0.4 is 0 Å². The van der Waals surface area contributed by atoms with Gasteiger partial charge in [-0.25, -0.2) is 19.1 Å². The summed E-state index contributed by atoms with van der Waals surface area (Å²) in [6, 6.07) is 42.3. The summed E-state index contributed by atoms with van der Waals surface area (Å²) in [7, 11) is 0. The number of imidazole rings is 1. The number of nitrogens with zero attached hydrogens (tertiary/aromatic N) is 4. The van der Waals surface area contributed by atoms with E-state index in [0.29, 0.717) is 36.7 Å². The summed E-state index contributed by atoms with van der Waals surface area (Å²) in [5, 5.41) is 0. The van der Waals surface area contributed by atoms with Crippen molar-refractivity contribution in [3.63, 3.8) is 0 Å². The zero-order chi connectivity index (χ0) is 39.5. The molecular formula is C51H50N4O4. The van der Waals surface area contributed by atoms with Gasteiger partial charge in [0, 0.05) is 36.9 Å². The van der Waals surface area contributed by atoms with Gasteiger partial charge >= 0.3 is 12.2 Å². The summed E-state index contributed by atoms with van der Waals surface area (Å²) in [6.45, 7) is 3.61. The third-order valence-corrected chi connectivity index (χ3v) is 14.3. The number of para-hydroxylation sites is 2. The smallest absolute Gasteiger partial charge is 0.420 e. The average Bonchev–Trinajstić information content (AvgIpc) is 3.93. The minimum atomic E-state index is -0.401. The number of rotatable bonds is 8. The van der Waals surface area contributed by atoms with Crippen molar-refractivity contribution >= 4 is 23.2 Å². The van der Waals surface area contributed by atoms with Crippen LogP contribution in [-0.4, -0.2) is 76.5 Å². The molecule has 4 heterocycles. The third-order valence-electron chi connectivity index (χ3n) is 14.3. The van der Waals surface area contributed by atoms with Crippen LogP contribution in [-0.2, 0) is 15.9 Å². The molecule has 0 unspecified atom stereocenters. The van der Waals surface area contributed by atoms with Gasteiger partial charge in [0.15, 0.2) is 0 Å². The number of fused-ring (bicyclic) bond motifs is 7. The van der Waals surface area contributed by atoms with Crippen LogP contribution in [0.3, 0.4) is 0 Å². The lowest BCUT2D eigenvalue weighted by molar-refractivity contribution is -0.0728. The van der Waals surface area contributed by atoms with Crippen molar-refractivity contribution in [1.29, 1.82) is 0 Å². The van der Waals surface area contributed by atoms with E-state index in [0.717, 1.165) is 62.8 Å². The highest BCUT2D eigenvalue weighted by molar-refractivity contribution is 5.88. The number of benzene rings is 5. The fourth-order valence-corrected chi connectivity index (χ4v) is 11.8. The largest absolute Gasteiger partial charge is 0.448 e. The van der Waals surface area contributed by atoms with Crippen molar-refractivity contribution < 1.29 is 19.1 Å². The lowest BCUT2D eigenvalue weighted by Crippen LogP contribution is -2.65. The number of hydrogen-bond acceptors (Lipinski definition) is 6. The number of carbonyl (C=O) groups is 2. The van der Waals surface area contributed by atoms with E-state index in [1.165, 1.54) is 50.9 Å². The first-order valence-corrected chi connectivity index (χ1v) is 21.8. The number of likely N-dealkylation sites (tertiary alicyclic amines) is 1. The van der Waals surface area contributed by atoms with Crippen LogP contribution in [0, 0.1) is 11.8 Å². The molecule has 2 aliphatic carbocycles. The second-order valence-electron chi connectivity index (χ2n) is 17.3. The Kier molecular flexibility index (Phi) is 9.33. The van der Waals surface area contributed by atoms with Crippen LogP contribution in [0.1, 0.15) is 78.4 Å². The Morgan fingerprint density at radius 3 is 1.76 bits per heavy atom. The summed E-state index contributed by atoms with van der Waals surface area (Å²) in [4.78, 5) is 38.5. The molecule has 8 heteroatoms. The van der Waals surface area contributed by atoms with Gasteiger partial charge in [0.1, 0.15) is 19.0 Å². The van der Waals surface area contributed by atoms with Crippen molar-refractivity contribution in [2.75, 3.05) is 32.8 Å². The Morgan fingerprint density at radius 1 is 0.627 bits per heavy atom. The Balaban J connectivity index is 0.831. The molecule has 1 amide bonds. The van der Waals surface area contributed by atoms with Gasteiger partial charge in [-0.1, -0.05) is 109 Å². The maximum absolute atomic E-state index is 14.5. The van der Waals surface area contributed by atoms with Crippen molar-refractivity contribution in [3.8, 4) is 22.3 Å². The summed E-state index contributed by atoms with van der Waals surface area (Å²) in [6.07, 6.45) is 6.22. The van der Waals surface area contributed by atoms with Crippen LogP contribution in [0.4, 0.5) is 9.59 Å². The van der Waals surface area contributed by atoms with E-state index < -0.39 is 6.09 Å². The minimum absolute atomic E-state index is 0.0214. The number of hydrogen-bond donors (Lipinski definition) is 0. The fourth-order valence-electron chi connectivity index (χ4n) is 11.8. The lowest BCUT2D eigenvalue weighted by atomic mass is 9.69. The Bertz CT molecular complexity index is 2470. The molecule has 5 aromatic carbocycles. The molecular weight excluding hydrogens is 733 g/mol. The van der Waals surface area contributed by atoms with Gasteiger partial charge in [-0.3, -0.25) is 4.90 Å². The average molecular weight is 783 g/mol. The molecule has 0 saturated carbocycles. The molecule has 0 radical (unpaired) electrons. The quantitative estimate of drug-likeness (QED) is 0.153. The molecule has 5 aliphatic rings. The van der Waals surface area contributed by atoms with Gasteiger partial charge in [-0.2, -0.15) is 0 Å². The number of aromatic nitrogens is 2. The Hall–Kier alpha value is -5.73. The van der Waals surface area contributed by atoms with E-state index in [4.69, 9.17) is 14.5 Å². The van der Waals surface area contributed by atoms with E-state index in [9.17, 15) is 9.59 Å². The van der Waals surface area contributed by atoms with Gasteiger partial charge in [0.2, 0.25) is 0 Å². The molecule has 0 spiro atoms. The van der Waals surface area contributed by atoms with Gasteiger partial charge in [0.05, 0.1) is 11.0 Å². The van der Waals surface area contributed by atoms with E-state index in [1.807, 2.05) is 24.3 Å². The summed E-state index contributed by atoms with van der Waals surface area (Å²) < 4.78 is 14.3. The molecule has 6 aromatic rings. The predicted octanol–water partition coefficient (Wildman–Crippen LogP) is 10.3. The highest BCUT2D eigenvalue weighted by atomic mass is 16.6. The van der Waals surface area contributed by atoms with Gasteiger partial charge in [0.25, 0.3) is 0 Å². The van der Waals surface area contributed by atoms with Crippen LogP contribution in [0.15, 0.2) is 121 Å². The van der Waals surface area contributed by atoms with Crippen molar-refractivity contribution in [2.24, 2.45) is 11.8 Å². The maximum atomic E-state index is 14.5. The zero-order valence-electron chi connectivity index (χ0n) is 33.4. The summed E-state index contributed by atoms with van der Waals surface area (Å²) in [5.74, 6) is 1.55. The topological polar surface area (TPSA) is 76.9 Å². The van der Waals surface area contributed by atoms with E-state index in [2.05, 4.69) is 107 Å². The monoisotopic (exact) mass is 782 g/mol. The molecule has 1 aromatic heterocycles. The normalized spacial score (nSPS) is 22.0. The van der Waals surface area contributed by atoms with Crippen molar-refractivity contribution in [2.45, 2.75) is 68.9 Å². The predicted molar refractivity (Wildman–Crippen MR) is 230 cm³/mol. The SMILES string of the molecule is O=C(OCC1c2ccccc2-c2ccccc21)N1C[C@@H]2CCCN3CCC[C@@H]([C@H]23)[C@H]1CCCc1nc2ccccc2n1C(=O)OCC1c2ccccc2-c2ccccc21. The van der Waals surface area contributed by atoms with Gasteiger partial charge in [-0.15, -0.1) is 0 Å². The molecule has 298 valence electrons. The van der Waals surface area contributed by atoms with Crippen molar-refractivity contribution in [3.05, 3.63) is 149 Å².